The van der Waals surface area contributed by atoms with Crippen LogP contribution in [0.2, 0.25) is 0 Å². The number of amides is 1. The minimum Gasteiger partial charge on any atom is -0.330 e. The molecule has 124 valence electrons. The van der Waals surface area contributed by atoms with Crippen LogP contribution in [0.15, 0.2) is 49.6 Å². The molecule has 2 aromatic rings. The van der Waals surface area contributed by atoms with Crippen molar-refractivity contribution in [3.8, 4) is 5.69 Å². The average Bonchev–Trinajstić information content (AvgIpc) is 3.17. The number of hydrogen-bond donors (Lipinski definition) is 0. The van der Waals surface area contributed by atoms with Crippen molar-refractivity contribution in [2.75, 3.05) is 13.1 Å². The van der Waals surface area contributed by atoms with E-state index in [-0.39, 0.29) is 11.7 Å². The molecule has 0 aliphatic heterocycles. The highest BCUT2D eigenvalue weighted by Crippen LogP contribution is 2.28. The standard InChI is InChI=1S/C19H20FN3O/c1-3-12-22(13-4-2)19(24)18-16-6-5-7-17(16)23(21-18)15-10-8-14(20)9-11-15/h3-4,8-11H,1-2,5-7,12-13H2. The van der Waals surface area contributed by atoms with Gasteiger partial charge in [-0.3, -0.25) is 4.79 Å². The average molecular weight is 325 g/mol. The summed E-state index contributed by atoms with van der Waals surface area (Å²) in [5, 5.41) is 4.55. The largest absolute Gasteiger partial charge is 0.330 e. The van der Waals surface area contributed by atoms with Crippen molar-refractivity contribution in [2.24, 2.45) is 0 Å². The first-order valence-corrected chi connectivity index (χ1v) is 8.03. The lowest BCUT2D eigenvalue weighted by molar-refractivity contribution is 0.0783. The molecule has 1 amide bonds. The molecule has 24 heavy (non-hydrogen) atoms. The minimum atomic E-state index is -0.290. The summed E-state index contributed by atoms with van der Waals surface area (Å²) in [5.74, 6) is -0.407. The second-order valence-electron chi connectivity index (χ2n) is 5.80. The molecule has 5 heteroatoms. The van der Waals surface area contributed by atoms with E-state index in [0.717, 1.165) is 36.2 Å². The van der Waals surface area contributed by atoms with Crippen LogP contribution in [-0.2, 0) is 12.8 Å². The molecule has 0 radical (unpaired) electrons. The second-order valence-corrected chi connectivity index (χ2v) is 5.80. The fourth-order valence-corrected chi connectivity index (χ4v) is 3.11. The maximum absolute atomic E-state index is 13.2. The molecule has 1 aromatic carbocycles. The van der Waals surface area contributed by atoms with Gasteiger partial charge in [0.25, 0.3) is 5.91 Å². The van der Waals surface area contributed by atoms with Gasteiger partial charge in [-0.05, 0) is 43.5 Å². The summed E-state index contributed by atoms with van der Waals surface area (Å²) >= 11 is 0. The summed E-state index contributed by atoms with van der Waals surface area (Å²) in [5.41, 5.74) is 3.30. The number of benzene rings is 1. The van der Waals surface area contributed by atoms with Crippen molar-refractivity contribution >= 4 is 5.91 Å². The van der Waals surface area contributed by atoms with Gasteiger partial charge in [-0.25, -0.2) is 9.07 Å². The van der Waals surface area contributed by atoms with Crippen LogP contribution in [0.1, 0.15) is 28.2 Å². The molecular formula is C19H20FN3O. The second kappa shape index (κ2) is 6.83. The molecule has 0 atom stereocenters. The Bertz CT molecular complexity index is 767. The highest BCUT2D eigenvalue weighted by atomic mass is 19.1. The Morgan fingerprint density at radius 2 is 1.88 bits per heavy atom. The van der Waals surface area contributed by atoms with E-state index >= 15 is 0 Å². The van der Waals surface area contributed by atoms with Crippen molar-refractivity contribution in [3.63, 3.8) is 0 Å². The summed E-state index contributed by atoms with van der Waals surface area (Å²) in [7, 11) is 0. The zero-order valence-corrected chi connectivity index (χ0v) is 13.5. The van der Waals surface area contributed by atoms with Gasteiger partial charge in [-0.1, -0.05) is 12.2 Å². The third-order valence-corrected chi connectivity index (χ3v) is 4.19. The van der Waals surface area contributed by atoms with E-state index in [1.807, 2.05) is 0 Å². The molecule has 0 saturated carbocycles. The van der Waals surface area contributed by atoms with Crippen molar-refractivity contribution < 1.29 is 9.18 Å². The molecule has 0 saturated heterocycles. The zero-order valence-electron chi connectivity index (χ0n) is 13.5. The van der Waals surface area contributed by atoms with Gasteiger partial charge < -0.3 is 4.90 Å². The van der Waals surface area contributed by atoms with Crippen LogP contribution in [-0.4, -0.2) is 33.7 Å². The Hall–Kier alpha value is -2.69. The maximum Gasteiger partial charge on any atom is 0.275 e. The topological polar surface area (TPSA) is 38.1 Å². The zero-order chi connectivity index (χ0) is 17.1. The number of halogens is 1. The molecule has 4 nitrogen and oxygen atoms in total. The van der Waals surface area contributed by atoms with Crippen molar-refractivity contribution in [1.82, 2.24) is 14.7 Å². The number of fused-ring (bicyclic) bond motifs is 1. The maximum atomic E-state index is 13.2. The molecule has 1 aromatic heterocycles. The highest BCUT2D eigenvalue weighted by molar-refractivity contribution is 5.94. The SMILES string of the molecule is C=CCN(CC=C)C(=O)c1nn(-c2ccc(F)cc2)c2c1CCC2. The number of rotatable bonds is 6. The van der Waals surface area contributed by atoms with Gasteiger partial charge in [-0.2, -0.15) is 5.10 Å². The van der Waals surface area contributed by atoms with E-state index in [2.05, 4.69) is 18.3 Å². The lowest BCUT2D eigenvalue weighted by Crippen LogP contribution is -2.32. The van der Waals surface area contributed by atoms with Gasteiger partial charge in [0.1, 0.15) is 5.82 Å². The van der Waals surface area contributed by atoms with E-state index < -0.39 is 0 Å². The lowest BCUT2D eigenvalue weighted by Gasteiger charge is -2.18. The van der Waals surface area contributed by atoms with Crippen LogP contribution in [0.4, 0.5) is 4.39 Å². The quantitative estimate of drug-likeness (QED) is 0.764. The Morgan fingerprint density at radius 1 is 1.21 bits per heavy atom. The first-order valence-electron chi connectivity index (χ1n) is 8.03. The van der Waals surface area contributed by atoms with Crippen LogP contribution in [0.3, 0.4) is 0 Å². The van der Waals surface area contributed by atoms with Crippen molar-refractivity contribution in [1.29, 1.82) is 0 Å². The predicted molar refractivity (Wildman–Crippen MR) is 91.8 cm³/mol. The summed E-state index contributed by atoms with van der Waals surface area (Å²) in [4.78, 5) is 14.5. The molecule has 1 heterocycles. The van der Waals surface area contributed by atoms with E-state index in [9.17, 15) is 9.18 Å². The first kappa shape index (κ1) is 16.2. The Balaban J connectivity index is 2.02. The molecule has 0 fully saturated rings. The molecular weight excluding hydrogens is 305 g/mol. The van der Waals surface area contributed by atoms with Gasteiger partial charge in [0.05, 0.1) is 5.69 Å². The van der Waals surface area contributed by atoms with Crippen LogP contribution in [0.25, 0.3) is 5.69 Å². The van der Waals surface area contributed by atoms with Gasteiger partial charge in [-0.15, -0.1) is 13.2 Å². The number of nitrogens with zero attached hydrogens (tertiary/aromatic N) is 3. The fraction of sp³-hybridized carbons (Fsp3) is 0.263. The van der Waals surface area contributed by atoms with Gasteiger partial charge in [0, 0.05) is 24.3 Å². The molecule has 0 spiro atoms. The Kier molecular flexibility index (Phi) is 4.60. The third-order valence-electron chi connectivity index (χ3n) is 4.19. The summed E-state index contributed by atoms with van der Waals surface area (Å²) in [6.07, 6.45) is 6.10. The molecule has 1 aliphatic rings. The van der Waals surface area contributed by atoms with E-state index in [1.54, 1.807) is 33.9 Å². The minimum absolute atomic E-state index is 0.117. The monoisotopic (exact) mass is 325 g/mol. The number of hydrogen-bond acceptors (Lipinski definition) is 2. The molecule has 1 aliphatic carbocycles. The Morgan fingerprint density at radius 3 is 2.50 bits per heavy atom. The summed E-state index contributed by atoms with van der Waals surface area (Å²) in [6.45, 7) is 8.30. The van der Waals surface area contributed by atoms with Gasteiger partial charge >= 0.3 is 0 Å². The van der Waals surface area contributed by atoms with Crippen molar-refractivity contribution in [2.45, 2.75) is 19.3 Å². The third kappa shape index (κ3) is 2.89. The molecule has 0 bridgehead atoms. The van der Waals surface area contributed by atoms with Gasteiger partial charge in [0.15, 0.2) is 5.69 Å². The number of carbonyl (C=O) groups excluding carboxylic acids is 1. The normalized spacial score (nSPS) is 12.7. The smallest absolute Gasteiger partial charge is 0.275 e. The number of carbonyl (C=O) groups is 1. The van der Waals surface area contributed by atoms with E-state index in [0.29, 0.717) is 18.8 Å². The number of aromatic nitrogens is 2. The predicted octanol–water partition coefficient (Wildman–Crippen LogP) is 3.31. The lowest BCUT2D eigenvalue weighted by atomic mass is 10.2. The van der Waals surface area contributed by atoms with Crippen LogP contribution in [0.5, 0.6) is 0 Å². The van der Waals surface area contributed by atoms with Crippen molar-refractivity contribution in [3.05, 3.63) is 72.3 Å². The molecule has 0 unspecified atom stereocenters. The van der Waals surface area contributed by atoms with Crippen LogP contribution >= 0.6 is 0 Å². The van der Waals surface area contributed by atoms with Crippen LogP contribution in [0, 0.1) is 5.82 Å². The molecule has 0 N–H and O–H groups in total. The first-order chi connectivity index (χ1) is 11.7. The summed E-state index contributed by atoms with van der Waals surface area (Å²) < 4.78 is 14.9. The van der Waals surface area contributed by atoms with E-state index in [4.69, 9.17) is 0 Å². The summed E-state index contributed by atoms with van der Waals surface area (Å²) in [6, 6.07) is 6.17. The van der Waals surface area contributed by atoms with E-state index in [1.165, 1.54) is 12.1 Å². The Labute approximate surface area is 140 Å². The molecule has 3 rings (SSSR count). The van der Waals surface area contributed by atoms with Crippen LogP contribution < -0.4 is 0 Å². The highest BCUT2D eigenvalue weighted by Gasteiger charge is 2.28. The fourth-order valence-electron chi connectivity index (χ4n) is 3.11. The van der Waals surface area contributed by atoms with Gasteiger partial charge in [0.2, 0.25) is 0 Å².